The number of phenols is 1. The number of phenolic OH excluding ortho intramolecular Hbond substituents is 1. The van der Waals surface area contributed by atoms with Crippen molar-refractivity contribution in [3.8, 4) is 5.75 Å². The van der Waals surface area contributed by atoms with E-state index in [0.29, 0.717) is 12.5 Å². The summed E-state index contributed by atoms with van der Waals surface area (Å²) >= 11 is 0. The molecule has 0 saturated carbocycles. The van der Waals surface area contributed by atoms with Gasteiger partial charge in [-0.1, -0.05) is 13.8 Å². The molecule has 90 valence electrons. The summed E-state index contributed by atoms with van der Waals surface area (Å²) in [4.78, 5) is 4.36. The molecule has 0 fully saturated rings. The molecule has 0 unspecified atom stereocenters. The number of H-pyrrole nitrogens is 1. The van der Waals surface area contributed by atoms with Crippen LogP contribution in [-0.4, -0.2) is 20.3 Å². The first kappa shape index (κ1) is 11.4. The Kier molecular flexibility index (Phi) is 3.27. The first-order valence-electron chi connectivity index (χ1n) is 5.59. The summed E-state index contributed by atoms with van der Waals surface area (Å²) in [6.45, 7) is 4.70. The van der Waals surface area contributed by atoms with Crippen molar-refractivity contribution >= 4 is 5.69 Å². The third-order valence-electron chi connectivity index (χ3n) is 2.39. The van der Waals surface area contributed by atoms with Gasteiger partial charge in [0.25, 0.3) is 0 Å². The third-order valence-corrected chi connectivity index (χ3v) is 2.39. The average Bonchev–Trinajstić information content (AvgIpc) is 2.77. The van der Waals surface area contributed by atoms with Crippen molar-refractivity contribution in [3.05, 3.63) is 35.9 Å². The van der Waals surface area contributed by atoms with Crippen LogP contribution in [0.1, 0.15) is 31.4 Å². The molecule has 0 saturated heterocycles. The van der Waals surface area contributed by atoms with Crippen LogP contribution in [0, 0.1) is 0 Å². The van der Waals surface area contributed by atoms with Crippen LogP contribution < -0.4 is 5.32 Å². The second-order valence-corrected chi connectivity index (χ2v) is 4.20. The molecule has 2 rings (SSSR count). The quantitative estimate of drug-likeness (QED) is 0.707. The molecule has 1 aromatic carbocycles. The van der Waals surface area contributed by atoms with Gasteiger partial charge in [-0.05, 0) is 24.3 Å². The van der Waals surface area contributed by atoms with Crippen LogP contribution in [0.5, 0.6) is 5.75 Å². The van der Waals surface area contributed by atoms with Crippen LogP contribution in [0.15, 0.2) is 24.3 Å². The summed E-state index contributed by atoms with van der Waals surface area (Å²) in [5.74, 6) is 2.22. The zero-order chi connectivity index (χ0) is 12.3. The maximum Gasteiger partial charge on any atom is 0.153 e. The van der Waals surface area contributed by atoms with Crippen molar-refractivity contribution in [2.45, 2.75) is 26.3 Å². The largest absolute Gasteiger partial charge is 0.508 e. The Morgan fingerprint density at radius 1 is 1.29 bits per heavy atom. The lowest BCUT2D eigenvalue weighted by Crippen LogP contribution is -2.01. The van der Waals surface area contributed by atoms with Gasteiger partial charge in [-0.25, -0.2) is 4.98 Å². The summed E-state index contributed by atoms with van der Waals surface area (Å²) in [5, 5.41) is 19.4. The van der Waals surface area contributed by atoms with E-state index in [2.05, 4.69) is 34.3 Å². The lowest BCUT2D eigenvalue weighted by Gasteiger charge is -2.03. The molecule has 5 heteroatoms. The number of aromatic nitrogens is 3. The second-order valence-electron chi connectivity index (χ2n) is 4.20. The van der Waals surface area contributed by atoms with Crippen LogP contribution in [0.2, 0.25) is 0 Å². The molecule has 0 atom stereocenters. The van der Waals surface area contributed by atoms with Gasteiger partial charge in [0.1, 0.15) is 11.6 Å². The molecular formula is C12H16N4O. The fourth-order valence-electron chi connectivity index (χ4n) is 1.41. The predicted octanol–water partition coefficient (Wildman–Crippen LogP) is 2.25. The topological polar surface area (TPSA) is 73.8 Å². The first-order valence-corrected chi connectivity index (χ1v) is 5.59. The van der Waals surface area contributed by atoms with E-state index < -0.39 is 0 Å². The molecule has 0 aliphatic carbocycles. The van der Waals surface area contributed by atoms with Gasteiger partial charge >= 0.3 is 0 Å². The number of nitrogens with one attached hydrogen (secondary N) is 2. The summed E-state index contributed by atoms with van der Waals surface area (Å²) < 4.78 is 0. The Morgan fingerprint density at radius 2 is 2.00 bits per heavy atom. The van der Waals surface area contributed by atoms with E-state index in [4.69, 9.17) is 5.11 Å². The molecule has 0 bridgehead atoms. The molecule has 1 heterocycles. The molecule has 0 aliphatic heterocycles. The van der Waals surface area contributed by atoms with Gasteiger partial charge in [0.2, 0.25) is 0 Å². The second kappa shape index (κ2) is 4.86. The summed E-state index contributed by atoms with van der Waals surface area (Å²) in [6, 6.07) is 6.91. The number of anilines is 1. The minimum atomic E-state index is 0.261. The normalized spacial score (nSPS) is 10.8. The van der Waals surface area contributed by atoms with E-state index in [-0.39, 0.29) is 5.75 Å². The fraction of sp³-hybridized carbons (Fsp3) is 0.333. The van der Waals surface area contributed by atoms with Gasteiger partial charge in [0.15, 0.2) is 5.82 Å². The fourth-order valence-corrected chi connectivity index (χ4v) is 1.41. The van der Waals surface area contributed by atoms with Crippen LogP contribution in [0.3, 0.4) is 0 Å². The average molecular weight is 232 g/mol. The molecule has 17 heavy (non-hydrogen) atoms. The summed E-state index contributed by atoms with van der Waals surface area (Å²) in [7, 11) is 0. The Labute approximate surface area is 99.9 Å². The Morgan fingerprint density at radius 3 is 2.59 bits per heavy atom. The monoisotopic (exact) mass is 232 g/mol. The van der Waals surface area contributed by atoms with Gasteiger partial charge in [-0.3, -0.25) is 5.10 Å². The van der Waals surface area contributed by atoms with Crippen LogP contribution in [0.4, 0.5) is 5.69 Å². The van der Waals surface area contributed by atoms with Gasteiger partial charge in [0.05, 0.1) is 6.54 Å². The molecular weight excluding hydrogens is 216 g/mol. The molecule has 3 N–H and O–H groups in total. The molecule has 5 nitrogen and oxygen atoms in total. The lowest BCUT2D eigenvalue weighted by molar-refractivity contribution is 0.475. The number of rotatable bonds is 4. The number of aromatic amines is 1. The van der Waals surface area contributed by atoms with E-state index in [1.54, 1.807) is 12.1 Å². The van der Waals surface area contributed by atoms with Gasteiger partial charge in [-0.2, -0.15) is 5.10 Å². The molecule has 2 aromatic rings. The smallest absolute Gasteiger partial charge is 0.153 e. The number of benzene rings is 1. The summed E-state index contributed by atoms with van der Waals surface area (Å²) in [5.41, 5.74) is 0.935. The number of nitrogens with zero attached hydrogens (tertiary/aromatic N) is 2. The minimum absolute atomic E-state index is 0.261. The van der Waals surface area contributed by atoms with Crippen molar-refractivity contribution in [2.75, 3.05) is 5.32 Å². The van der Waals surface area contributed by atoms with Gasteiger partial charge in [-0.15, -0.1) is 0 Å². The van der Waals surface area contributed by atoms with Crippen molar-refractivity contribution < 1.29 is 5.11 Å². The standard InChI is InChI=1S/C12H16N4O/c1-8(2)12-14-11(15-16-12)7-13-9-3-5-10(17)6-4-9/h3-6,8,13,17H,7H2,1-2H3,(H,14,15,16). The highest BCUT2D eigenvalue weighted by Crippen LogP contribution is 2.14. The highest BCUT2D eigenvalue weighted by molar-refractivity contribution is 5.45. The van der Waals surface area contributed by atoms with Crippen LogP contribution in [-0.2, 0) is 6.54 Å². The molecule has 1 aromatic heterocycles. The molecule has 0 radical (unpaired) electrons. The maximum absolute atomic E-state index is 9.15. The summed E-state index contributed by atoms with van der Waals surface area (Å²) in [6.07, 6.45) is 0. The van der Waals surface area contributed by atoms with Crippen LogP contribution in [0.25, 0.3) is 0 Å². The van der Waals surface area contributed by atoms with Crippen molar-refractivity contribution in [1.29, 1.82) is 0 Å². The molecule has 0 aliphatic rings. The third kappa shape index (κ3) is 2.96. The highest BCUT2D eigenvalue weighted by Gasteiger charge is 2.06. The van der Waals surface area contributed by atoms with E-state index in [0.717, 1.165) is 17.3 Å². The Bertz CT molecular complexity index is 476. The van der Waals surface area contributed by atoms with E-state index in [9.17, 15) is 0 Å². The zero-order valence-electron chi connectivity index (χ0n) is 9.94. The Hall–Kier alpha value is -2.04. The van der Waals surface area contributed by atoms with Crippen LogP contribution >= 0.6 is 0 Å². The maximum atomic E-state index is 9.15. The molecule has 0 spiro atoms. The van der Waals surface area contributed by atoms with E-state index in [1.165, 1.54) is 0 Å². The van der Waals surface area contributed by atoms with E-state index >= 15 is 0 Å². The highest BCUT2D eigenvalue weighted by atomic mass is 16.3. The number of hydrogen-bond acceptors (Lipinski definition) is 4. The van der Waals surface area contributed by atoms with Crippen molar-refractivity contribution in [2.24, 2.45) is 0 Å². The zero-order valence-corrected chi connectivity index (χ0v) is 9.94. The van der Waals surface area contributed by atoms with Crippen molar-refractivity contribution in [1.82, 2.24) is 15.2 Å². The van der Waals surface area contributed by atoms with E-state index in [1.807, 2.05) is 12.1 Å². The van der Waals surface area contributed by atoms with Gasteiger partial charge < -0.3 is 10.4 Å². The molecule has 0 amide bonds. The lowest BCUT2D eigenvalue weighted by atomic mass is 10.2. The number of aromatic hydroxyl groups is 1. The van der Waals surface area contributed by atoms with Gasteiger partial charge in [0, 0.05) is 11.6 Å². The van der Waals surface area contributed by atoms with Crippen molar-refractivity contribution in [3.63, 3.8) is 0 Å². The number of hydrogen-bond donors (Lipinski definition) is 3. The Balaban J connectivity index is 1.95. The minimum Gasteiger partial charge on any atom is -0.508 e. The predicted molar refractivity (Wildman–Crippen MR) is 65.9 cm³/mol. The first-order chi connectivity index (χ1) is 8.15. The SMILES string of the molecule is CC(C)c1n[nH]c(CNc2ccc(O)cc2)n1.